The number of imide groups is 1. The second-order valence-corrected chi connectivity index (χ2v) is 7.79. The first kappa shape index (κ1) is 21.4. The van der Waals surface area contributed by atoms with Crippen LogP contribution >= 0.6 is 0 Å². The summed E-state index contributed by atoms with van der Waals surface area (Å²) in [4.78, 5) is 40.9. The SMILES string of the molecule is Cc1ccc(N(CCCCN2C(=O)c3ccccc3C2=O)C(=O)c2ccccc2F)cc1. The normalized spacial score (nSPS) is 12.8. The number of halogens is 1. The van der Waals surface area contributed by atoms with E-state index in [2.05, 4.69) is 0 Å². The minimum Gasteiger partial charge on any atom is -0.308 e. The zero-order chi connectivity index (χ0) is 22.7. The number of unbranched alkanes of at least 4 members (excludes halogenated alkanes) is 1. The molecular formula is C26H23FN2O3. The number of rotatable bonds is 7. The van der Waals surface area contributed by atoms with E-state index < -0.39 is 11.7 Å². The van der Waals surface area contributed by atoms with Crippen molar-refractivity contribution in [2.45, 2.75) is 19.8 Å². The van der Waals surface area contributed by atoms with Crippen molar-refractivity contribution in [2.75, 3.05) is 18.0 Å². The summed E-state index contributed by atoms with van der Waals surface area (Å²) in [5, 5.41) is 0. The van der Waals surface area contributed by atoms with Crippen LogP contribution in [0.3, 0.4) is 0 Å². The number of hydrogen-bond donors (Lipinski definition) is 0. The number of nitrogens with zero attached hydrogens (tertiary/aromatic N) is 2. The molecular weight excluding hydrogens is 407 g/mol. The molecule has 0 aromatic heterocycles. The average molecular weight is 430 g/mol. The van der Waals surface area contributed by atoms with Crippen LogP contribution in [0.1, 0.15) is 49.5 Å². The van der Waals surface area contributed by atoms with Gasteiger partial charge in [0.2, 0.25) is 0 Å². The molecule has 6 heteroatoms. The highest BCUT2D eigenvalue weighted by Gasteiger charge is 2.34. The summed E-state index contributed by atoms with van der Waals surface area (Å²) >= 11 is 0. The zero-order valence-electron chi connectivity index (χ0n) is 17.8. The Morgan fingerprint density at radius 2 is 1.44 bits per heavy atom. The third kappa shape index (κ3) is 4.17. The number of anilines is 1. The molecule has 32 heavy (non-hydrogen) atoms. The molecule has 3 aromatic rings. The van der Waals surface area contributed by atoms with Gasteiger partial charge in [-0.3, -0.25) is 19.3 Å². The van der Waals surface area contributed by atoms with Crippen LogP contribution in [0.2, 0.25) is 0 Å². The Hall–Kier alpha value is -3.80. The summed E-state index contributed by atoms with van der Waals surface area (Å²) in [6.07, 6.45) is 1.07. The largest absolute Gasteiger partial charge is 0.308 e. The van der Waals surface area contributed by atoms with Crippen LogP contribution in [0.5, 0.6) is 0 Å². The molecule has 3 amide bonds. The molecule has 3 aromatic carbocycles. The maximum Gasteiger partial charge on any atom is 0.261 e. The molecule has 1 aliphatic heterocycles. The first-order chi connectivity index (χ1) is 15.5. The molecule has 0 bridgehead atoms. The first-order valence-electron chi connectivity index (χ1n) is 10.6. The van der Waals surface area contributed by atoms with Gasteiger partial charge in [0.25, 0.3) is 17.7 Å². The topological polar surface area (TPSA) is 57.7 Å². The summed E-state index contributed by atoms with van der Waals surface area (Å²) in [7, 11) is 0. The number of carbonyl (C=O) groups excluding carboxylic acids is 3. The number of aryl methyl sites for hydroxylation is 1. The molecule has 162 valence electrons. The zero-order valence-corrected chi connectivity index (χ0v) is 17.8. The van der Waals surface area contributed by atoms with E-state index in [-0.39, 0.29) is 23.9 Å². The second kappa shape index (κ2) is 9.14. The highest BCUT2D eigenvalue weighted by Crippen LogP contribution is 2.24. The van der Waals surface area contributed by atoms with Gasteiger partial charge >= 0.3 is 0 Å². The van der Waals surface area contributed by atoms with Crippen molar-refractivity contribution in [3.05, 3.63) is 101 Å². The standard InChI is InChI=1S/C26H23FN2O3/c1-18-12-14-19(15-13-18)28(26(32)22-10-4-5-11-23(22)27)16-6-7-17-29-24(30)20-8-2-3-9-21(20)25(29)31/h2-5,8-15H,6-7,16-17H2,1H3. The molecule has 1 aliphatic rings. The Balaban J connectivity index is 1.45. The molecule has 0 atom stereocenters. The predicted octanol–water partition coefficient (Wildman–Crippen LogP) is 4.86. The molecule has 1 heterocycles. The molecule has 0 unspecified atom stereocenters. The lowest BCUT2D eigenvalue weighted by atomic mass is 10.1. The number of carbonyl (C=O) groups is 3. The van der Waals surface area contributed by atoms with Gasteiger partial charge in [-0.05, 0) is 56.2 Å². The van der Waals surface area contributed by atoms with E-state index in [4.69, 9.17) is 0 Å². The van der Waals surface area contributed by atoms with Crippen molar-refractivity contribution in [3.8, 4) is 0 Å². The van der Waals surface area contributed by atoms with E-state index in [0.717, 1.165) is 5.56 Å². The third-order valence-corrected chi connectivity index (χ3v) is 5.59. The van der Waals surface area contributed by atoms with Crippen LogP contribution in [0, 0.1) is 12.7 Å². The van der Waals surface area contributed by atoms with E-state index in [9.17, 15) is 18.8 Å². The monoisotopic (exact) mass is 430 g/mol. The highest BCUT2D eigenvalue weighted by atomic mass is 19.1. The van der Waals surface area contributed by atoms with Crippen molar-refractivity contribution < 1.29 is 18.8 Å². The Kier molecular flexibility index (Phi) is 6.12. The van der Waals surface area contributed by atoms with Crippen molar-refractivity contribution in [2.24, 2.45) is 0 Å². The van der Waals surface area contributed by atoms with Gasteiger partial charge in [-0.1, -0.05) is 42.0 Å². The summed E-state index contributed by atoms with van der Waals surface area (Å²) in [5.74, 6) is -1.57. The summed E-state index contributed by atoms with van der Waals surface area (Å²) in [6, 6.07) is 20.2. The lowest BCUT2D eigenvalue weighted by Crippen LogP contribution is -2.34. The minimum atomic E-state index is -0.569. The van der Waals surface area contributed by atoms with E-state index in [0.29, 0.717) is 36.2 Å². The average Bonchev–Trinajstić information content (AvgIpc) is 3.05. The lowest BCUT2D eigenvalue weighted by Gasteiger charge is -2.24. The maximum atomic E-state index is 14.3. The van der Waals surface area contributed by atoms with Gasteiger partial charge in [-0.15, -0.1) is 0 Å². The molecule has 0 aliphatic carbocycles. The number of hydrogen-bond acceptors (Lipinski definition) is 3. The lowest BCUT2D eigenvalue weighted by molar-refractivity contribution is 0.0651. The van der Waals surface area contributed by atoms with E-state index in [1.165, 1.54) is 17.0 Å². The van der Waals surface area contributed by atoms with Gasteiger partial charge in [-0.25, -0.2) is 4.39 Å². The van der Waals surface area contributed by atoms with Gasteiger partial charge in [0.15, 0.2) is 0 Å². The second-order valence-electron chi connectivity index (χ2n) is 7.79. The van der Waals surface area contributed by atoms with E-state index in [1.807, 2.05) is 31.2 Å². The van der Waals surface area contributed by atoms with Gasteiger partial charge in [0, 0.05) is 18.8 Å². The van der Waals surface area contributed by atoms with Crippen LogP contribution in [0.15, 0.2) is 72.8 Å². The number of benzene rings is 3. The molecule has 0 saturated heterocycles. The van der Waals surface area contributed by atoms with Crippen LogP contribution in [-0.4, -0.2) is 35.7 Å². The van der Waals surface area contributed by atoms with Crippen LogP contribution < -0.4 is 4.90 Å². The Bertz CT molecular complexity index is 1140. The van der Waals surface area contributed by atoms with Crippen molar-refractivity contribution >= 4 is 23.4 Å². The highest BCUT2D eigenvalue weighted by molar-refractivity contribution is 6.21. The molecule has 4 rings (SSSR count). The quantitative estimate of drug-likeness (QED) is 0.397. The maximum absolute atomic E-state index is 14.3. The third-order valence-electron chi connectivity index (χ3n) is 5.59. The Labute approximate surface area is 186 Å². The molecule has 0 spiro atoms. The minimum absolute atomic E-state index is 0.00780. The molecule has 0 saturated carbocycles. The summed E-state index contributed by atoms with van der Waals surface area (Å²) in [5.41, 5.74) is 2.58. The molecule has 0 fully saturated rings. The number of amides is 3. The molecule has 5 nitrogen and oxygen atoms in total. The first-order valence-corrected chi connectivity index (χ1v) is 10.6. The predicted molar refractivity (Wildman–Crippen MR) is 120 cm³/mol. The molecule has 0 N–H and O–H groups in total. The van der Waals surface area contributed by atoms with Crippen LogP contribution in [0.25, 0.3) is 0 Å². The van der Waals surface area contributed by atoms with Gasteiger partial charge in [-0.2, -0.15) is 0 Å². The fraction of sp³-hybridized carbons (Fsp3) is 0.192. The van der Waals surface area contributed by atoms with Crippen LogP contribution in [-0.2, 0) is 0 Å². The van der Waals surface area contributed by atoms with Crippen molar-refractivity contribution in [1.29, 1.82) is 0 Å². The summed E-state index contributed by atoms with van der Waals surface area (Å²) < 4.78 is 14.3. The van der Waals surface area contributed by atoms with E-state index >= 15 is 0 Å². The van der Waals surface area contributed by atoms with Gasteiger partial charge in [0.1, 0.15) is 5.82 Å². The number of fused-ring (bicyclic) bond motifs is 1. The Morgan fingerprint density at radius 1 is 0.844 bits per heavy atom. The van der Waals surface area contributed by atoms with Crippen molar-refractivity contribution in [3.63, 3.8) is 0 Å². The van der Waals surface area contributed by atoms with Gasteiger partial charge < -0.3 is 4.90 Å². The van der Waals surface area contributed by atoms with Gasteiger partial charge in [0.05, 0.1) is 16.7 Å². The van der Waals surface area contributed by atoms with E-state index in [1.54, 1.807) is 41.3 Å². The fourth-order valence-corrected chi connectivity index (χ4v) is 3.83. The van der Waals surface area contributed by atoms with Crippen LogP contribution in [0.4, 0.5) is 10.1 Å². The van der Waals surface area contributed by atoms with Crippen molar-refractivity contribution in [1.82, 2.24) is 4.90 Å². The smallest absolute Gasteiger partial charge is 0.261 e. The molecule has 0 radical (unpaired) electrons. The fourth-order valence-electron chi connectivity index (χ4n) is 3.83. The Morgan fingerprint density at radius 3 is 2.06 bits per heavy atom. The summed E-state index contributed by atoms with van der Waals surface area (Å²) in [6.45, 7) is 2.55.